The molecule has 0 radical (unpaired) electrons. The summed E-state index contributed by atoms with van der Waals surface area (Å²) in [5.41, 5.74) is 3.63. The molecule has 21 heavy (non-hydrogen) atoms. The van der Waals surface area contributed by atoms with Crippen molar-refractivity contribution in [3.8, 4) is 5.75 Å². The number of aryl methyl sites for hydroxylation is 2. The van der Waals surface area contributed by atoms with Crippen molar-refractivity contribution in [2.24, 2.45) is 7.05 Å². The van der Waals surface area contributed by atoms with Crippen LogP contribution in [0.15, 0.2) is 48.7 Å². The largest absolute Gasteiger partial charge is 0.497 e. The number of ether oxygens (including phenoxy) is 1. The number of methoxy groups -OCH3 is 1. The van der Waals surface area contributed by atoms with Gasteiger partial charge in [0, 0.05) is 35.3 Å². The molecule has 0 bridgehead atoms. The third-order valence-electron chi connectivity index (χ3n) is 3.74. The van der Waals surface area contributed by atoms with Crippen molar-refractivity contribution in [1.29, 1.82) is 0 Å². The van der Waals surface area contributed by atoms with Crippen LogP contribution in [0.1, 0.15) is 21.5 Å². The van der Waals surface area contributed by atoms with E-state index in [0.717, 1.165) is 27.8 Å². The lowest BCUT2D eigenvalue weighted by molar-refractivity contribution is 0.104. The summed E-state index contributed by atoms with van der Waals surface area (Å²) in [5.74, 6) is 0.786. The highest BCUT2D eigenvalue weighted by atomic mass is 16.5. The van der Waals surface area contributed by atoms with Crippen molar-refractivity contribution in [3.05, 3.63) is 65.4 Å². The van der Waals surface area contributed by atoms with Crippen LogP contribution in [0.5, 0.6) is 5.75 Å². The topological polar surface area (TPSA) is 31.2 Å². The molecule has 0 amide bonds. The Morgan fingerprint density at radius 3 is 2.48 bits per heavy atom. The Morgan fingerprint density at radius 1 is 1.10 bits per heavy atom. The number of ketones is 1. The maximum absolute atomic E-state index is 12.7. The Morgan fingerprint density at radius 2 is 1.81 bits per heavy atom. The highest BCUT2D eigenvalue weighted by Crippen LogP contribution is 2.25. The molecule has 3 nitrogen and oxygen atoms in total. The second kappa shape index (κ2) is 5.09. The van der Waals surface area contributed by atoms with E-state index >= 15 is 0 Å². The highest BCUT2D eigenvalue weighted by molar-refractivity contribution is 6.16. The number of benzene rings is 2. The molecule has 2 aromatic carbocycles. The molecular formula is C18H17NO2. The molecule has 0 atom stereocenters. The summed E-state index contributed by atoms with van der Waals surface area (Å²) in [6, 6.07) is 13.4. The van der Waals surface area contributed by atoms with Crippen LogP contribution in [0.2, 0.25) is 0 Å². The normalized spacial score (nSPS) is 10.8. The zero-order valence-electron chi connectivity index (χ0n) is 12.4. The molecular weight excluding hydrogens is 262 g/mol. The molecule has 0 N–H and O–H groups in total. The van der Waals surface area contributed by atoms with E-state index < -0.39 is 0 Å². The van der Waals surface area contributed by atoms with Gasteiger partial charge in [-0.2, -0.15) is 0 Å². The number of hydrogen-bond donors (Lipinski definition) is 0. The molecule has 0 saturated carbocycles. The van der Waals surface area contributed by atoms with E-state index in [-0.39, 0.29) is 5.78 Å². The first-order valence-corrected chi connectivity index (χ1v) is 6.84. The molecule has 3 aromatic rings. The van der Waals surface area contributed by atoms with Crippen LogP contribution in [0.25, 0.3) is 10.9 Å². The number of hydrogen-bond acceptors (Lipinski definition) is 2. The van der Waals surface area contributed by atoms with E-state index in [1.165, 1.54) is 0 Å². The minimum Gasteiger partial charge on any atom is -0.497 e. The predicted octanol–water partition coefficient (Wildman–Crippen LogP) is 3.73. The van der Waals surface area contributed by atoms with Gasteiger partial charge < -0.3 is 9.30 Å². The fourth-order valence-corrected chi connectivity index (χ4v) is 2.58. The molecule has 1 heterocycles. The number of aromatic nitrogens is 1. The molecule has 0 aliphatic rings. The second-order valence-corrected chi connectivity index (χ2v) is 5.23. The van der Waals surface area contributed by atoms with Crippen LogP contribution >= 0.6 is 0 Å². The van der Waals surface area contributed by atoms with Gasteiger partial charge in [0.05, 0.1) is 7.11 Å². The molecule has 0 saturated heterocycles. The van der Waals surface area contributed by atoms with Crippen molar-refractivity contribution >= 4 is 16.7 Å². The summed E-state index contributed by atoms with van der Waals surface area (Å²) in [5, 5.41) is 0.998. The zero-order chi connectivity index (χ0) is 15.0. The van der Waals surface area contributed by atoms with Crippen LogP contribution in [-0.4, -0.2) is 17.5 Å². The fraction of sp³-hybridized carbons (Fsp3) is 0.167. The Bertz CT molecular complexity index is 813. The van der Waals surface area contributed by atoms with Gasteiger partial charge >= 0.3 is 0 Å². The molecule has 0 aliphatic carbocycles. The second-order valence-electron chi connectivity index (χ2n) is 5.23. The molecule has 0 fully saturated rings. The molecule has 1 aromatic heterocycles. The van der Waals surface area contributed by atoms with Gasteiger partial charge in [-0.1, -0.05) is 11.6 Å². The van der Waals surface area contributed by atoms with E-state index in [2.05, 4.69) is 18.2 Å². The van der Waals surface area contributed by atoms with Gasteiger partial charge in [0.1, 0.15) is 5.75 Å². The van der Waals surface area contributed by atoms with E-state index in [1.54, 1.807) is 19.2 Å². The Hall–Kier alpha value is -2.55. The monoisotopic (exact) mass is 279 g/mol. The summed E-state index contributed by atoms with van der Waals surface area (Å²) < 4.78 is 7.12. The van der Waals surface area contributed by atoms with E-state index in [1.807, 2.05) is 36.9 Å². The Kier molecular flexibility index (Phi) is 3.26. The van der Waals surface area contributed by atoms with Crippen molar-refractivity contribution in [3.63, 3.8) is 0 Å². The lowest BCUT2D eigenvalue weighted by atomic mass is 10.0. The summed E-state index contributed by atoms with van der Waals surface area (Å²) in [6.45, 7) is 2.04. The average molecular weight is 279 g/mol. The first kappa shape index (κ1) is 13.4. The van der Waals surface area contributed by atoms with Crippen molar-refractivity contribution < 1.29 is 9.53 Å². The molecule has 0 spiro atoms. The van der Waals surface area contributed by atoms with Gasteiger partial charge in [-0.15, -0.1) is 0 Å². The van der Waals surface area contributed by atoms with Crippen LogP contribution in [-0.2, 0) is 7.05 Å². The molecule has 106 valence electrons. The minimum atomic E-state index is 0.0360. The van der Waals surface area contributed by atoms with Crippen LogP contribution < -0.4 is 4.74 Å². The Labute approximate surface area is 123 Å². The fourth-order valence-electron chi connectivity index (χ4n) is 2.58. The van der Waals surface area contributed by atoms with Gasteiger partial charge in [0.25, 0.3) is 0 Å². The van der Waals surface area contributed by atoms with Crippen molar-refractivity contribution in [2.75, 3.05) is 7.11 Å². The van der Waals surface area contributed by atoms with Gasteiger partial charge in [0.15, 0.2) is 5.78 Å². The lowest BCUT2D eigenvalue weighted by Gasteiger charge is -2.02. The number of carbonyl (C=O) groups excluding carboxylic acids is 1. The first-order chi connectivity index (χ1) is 10.1. The number of rotatable bonds is 3. The van der Waals surface area contributed by atoms with Gasteiger partial charge in [-0.05, 0) is 43.3 Å². The van der Waals surface area contributed by atoms with Gasteiger partial charge in [-0.3, -0.25) is 4.79 Å². The smallest absolute Gasteiger partial charge is 0.195 e. The maximum Gasteiger partial charge on any atom is 0.195 e. The number of fused-ring (bicyclic) bond motifs is 1. The summed E-state index contributed by atoms with van der Waals surface area (Å²) in [6.07, 6.45) is 1.90. The van der Waals surface area contributed by atoms with Gasteiger partial charge in [0.2, 0.25) is 0 Å². The Balaban J connectivity index is 2.10. The molecule has 0 unspecified atom stereocenters. The van der Waals surface area contributed by atoms with Crippen LogP contribution in [0.4, 0.5) is 0 Å². The lowest BCUT2D eigenvalue weighted by Crippen LogP contribution is -2.00. The highest BCUT2D eigenvalue weighted by Gasteiger charge is 2.15. The van der Waals surface area contributed by atoms with Crippen molar-refractivity contribution in [2.45, 2.75) is 6.92 Å². The SMILES string of the molecule is COc1ccc(C(=O)c2cn(C)c3ccc(C)cc23)cc1. The summed E-state index contributed by atoms with van der Waals surface area (Å²) in [7, 11) is 3.58. The van der Waals surface area contributed by atoms with Crippen LogP contribution in [0.3, 0.4) is 0 Å². The zero-order valence-corrected chi connectivity index (χ0v) is 12.4. The third kappa shape index (κ3) is 2.31. The summed E-state index contributed by atoms with van der Waals surface area (Å²) >= 11 is 0. The maximum atomic E-state index is 12.7. The van der Waals surface area contributed by atoms with E-state index in [9.17, 15) is 4.79 Å². The first-order valence-electron chi connectivity index (χ1n) is 6.84. The number of nitrogens with zero attached hydrogens (tertiary/aromatic N) is 1. The average Bonchev–Trinajstić information content (AvgIpc) is 2.83. The molecule has 0 aliphatic heterocycles. The minimum absolute atomic E-state index is 0.0360. The third-order valence-corrected chi connectivity index (χ3v) is 3.74. The van der Waals surface area contributed by atoms with Crippen molar-refractivity contribution in [1.82, 2.24) is 4.57 Å². The molecule has 3 rings (SSSR count). The van der Waals surface area contributed by atoms with E-state index in [0.29, 0.717) is 5.56 Å². The van der Waals surface area contributed by atoms with Gasteiger partial charge in [-0.25, -0.2) is 0 Å². The van der Waals surface area contributed by atoms with Crippen LogP contribution in [0, 0.1) is 6.92 Å². The van der Waals surface area contributed by atoms with E-state index in [4.69, 9.17) is 4.74 Å². The quantitative estimate of drug-likeness (QED) is 0.684. The summed E-state index contributed by atoms with van der Waals surface area (Å²) in [4.78, 5) is 12.7. The predicted molar refractivity (Wildman–Crippen MR) is 84.1 cm³/mol. The number of carbonyl (C=O) groups is 1. The molecule has 3 heteroatoms. The standard InChI is InChI=1S/C18H17NO2/c1-12-4-9-17-15(10-12)16(11-19(17)2)18(20)13-5-7-14(21-3)8-6-13/h4-11H,1-3H3.